The monoisotopic (exact) mass is 224 g/mol. The Morgan fingerprint density at radius 1 is 1.25 bits per heavy atom. The Balaban J connectivity index is 2.74. The zero-order valence-corrected chi connectivity index (χ0v) is 9.02. The van der Waals surface area contributed by atoms with Crippen LogP contribution in [0.4, 0.5) is 0 Å². The largest absolute Gasteiger partial charge is 0.504 e. The molecule has 0 unspecified atom stereocenters. The second-order valence-corrected chi connectivity index (χ2v) is 3.18. The van der Waals surface area contributed by atoms with Crippen molar-refractivity contribution in [1.82, 2.24) is 0 Å². The third-order valence-corrected chi connectivity index (χ3v) is 1.72. The van der Waals surface area contributed by atoms with Gasteiger partial charge in [0.2, 0.25) is 0 Å². The van der Waals surface area contributed by atoms with Crippen molar-refractivity contribution in [3.8, 4) is 11.5 Å². The highest BCUT2D eigenvalue weighted by atomic mass is 16.5. The average molecular weight is 224 g/mol. The molecule has 16 heavy (non-hydrogen) atoms. The number of esters is 2. The standard InChI is InChI=1S/C11H12O5/c1-7(12)15-6-9-3-4-11(10(14)5-9)16-8(2)13/h3-5,14H,6H2,1-2H3. The number of hydrogen-bond acceptors (Lipinski definition) is 5. The van der Waals surface area contributed by atoms with Crippen LogP contribution in [0.2, 0.25) is 0 Å². The minimum absolute atomic E-state index is 0.0727. The summed E-state index contributed by atoms with van der Waals surface area (Å²) in [6, 6.07) is 4.41. The maximum absolute atomic E-state index is 10.7. The van der Waals surface area contributed by atoms with Gasteiger partial charge in [0.15, 0.2) is 11.5 Å². The molecule has 0 heterocycles. The zero-order valence-electron chi connectivity index (χ0n) is 9.02. The first kappa shape index (κ1) is 12.0. The molecule has 0 spiro atoms. The molecule has 0 saturated carbocycles. The smallest absolute Gasteiger partial charge is 0.308 e. The van der Waals surface area contributed by atoms with E-state index in [1.54, 1.807) is 6.07 Å². The van der Waals surface area contributed by atoms with Gasteiger partial charge in [-0.1, -0.05) is 6.07 Å². The molecule has 1 aromatic rings. The summed E-state index contributed by atoms with van der Waals surface area (Å²) in [5.41, 5.74) is 0.614. The van der Waals surface area contributed by atoms with E-state index in [1.807, 2.05) is 0 Å². The van der Waals surface area contributed by atoms with Crippen molar-refractivity contribution in [2.45, 2.75) is 20.5 Å². The van der Waals surface area contributed by atoms with Crippen LogP contribution < -0.4 is 4.74 Å². The van der Waals surface area contributed by atoms with E-state index in [2.05, 4.69) is 0 Å². The molecule has 0 aliphatic carbocycles. The lowest BCUT2D eigenvalue weighted by Gasteiger charge is -2.06. The summed E-state index contributed by atoms with van der Waals surface area (Å²) in [7, 11) is 0. The molecule has 0 aromatic heterocycles. The Labute approximate surface area is 92.6 Å². The summed E-state index contributed by atoms with van der Waals surface area (Å²) < 4.78 is 9.47. The van der Waals surface area contributed by atoms with Gasteiger partial charge in [-0.2, -0.15) is 0 Å². The van der Waals surface area contributed by atoms with Gasteiger partial charge in [0, 0.05) is 13.8 Å². The molecule has 0 aliphatic rings. The summed E-state index contributed by atoms with van der Waals surface area (Å²) >= 11 is 0. The maximum atomic E-state index is 10.7. The maximum Gasteiger partial charge on any atom is 0.308 e. The molecule has 0 amide bonds. The number of carbonyl (C=O) groups is 2. The van der Waals surface area contributed by atoms with E-state index < -0.39 is 11.9 Å². The van der Waals surface area contributed by atoms with E-state index in [9.17, 15) is 14.7 Å². The number of phenolic OH excluding ortho intramolecular Hbond substituents is 1. The van der Waals surface area contributed by atoms with Crippen LogP contribution in [0.15, 0.2) is 18.2 Å². The fraction of sp³-hybridized carbons (Fsp3) is 0.273. The van der Waals surface area contributed by atoms with Crippen molar-refractivity contribution in [2.75, 3.05) is 0 Å². The van der Waals surface area contributed by atoms with E-state index in [4.69, 9.17) is 9.47 Å². The van der Waals surface area contributed by atoms with Gasteiger partial charge in [-0.3, -0.25) is 9.59 Å². The van der Waals surface area contributed by atoms with Gasteiger partial charge < -0.3 is 14.6 Å². The molecule has 0 saturated heterocycles. The second-order valence-electron chi connectivity index (χ2n) is 3.18. The summed E-state index contributed by atoms with van der Waals surface area (Å²) in [4.78, 5) is 21.2. The van der Waals surface area contributed by atoms with Crippen molar-refractivity contribution >= 4 is 11.9 Å². The molecule has 0 radical (unpaired) electrons. The molecular formula is C11H12O5. The number of aromatic hydroxyl groups is 1. The van der Waals surface area contributed by atoms with E-state index in [0.717, 1.165) is 0 Å². The first-order valence-electron chi connectivity index (χ1n) is 4.62. The quantitative estimate of drug-likeness (QED) is 0.620. The minimum atomic E-state index is -0.511. The fourth-order valence-corrected chi connectivity index (χ4v) is 1.08. The van der Waals surface area contributed by atoms with Crippen molar-refractivity contribution in [1.29, 1.82) is 0 Å². The molecule has 5 nitrogen and oxygen atoms in total. The predicted octanol–water partition coefficient (Wildman–Crippen LogP) is 1.38. The highest BCUT2D eigenvalue weighted by Crippen LogP contribution is 2.27. The Hall–Kier alpha value is -2.04. The predicted molar refractivity (Wildman–Crippen MR) is 54.9 cm³/mol. The van der Waals surface area contributed by atoms with Gasteiger partial charge >= 0.3 is 11.9 Å². The lowest BCUT2D eigenvalue weighted by Crippen LogP contribution is -2.02. The van der Waals surface area contributed by atoms with Crippen molar-refractivity contribution < 1.29 is 24.2 Å². The lowest BCUT2D eigenvalue weighted by atomic mass is 10.2. The Kier molecular flexibility index (Phi) is 3.88. The van der Waals surface area contributed by atoms with E-state index in [0.29, 0.717) is 5.56 Å². The summed E-state index contributed by atoms with van der Waals surface area (Å²) in [6.45, 7) is 2.61. The molecule has 0 atom stereocenters. The normalized spacial score (nSPS) is 9.62. The molecule has 1 aromatic carbocycles. The third-order valence-electron chi connectivity index (χ3n) is 1.72. The number of rotatable bonds is 3. The lowest BCUT2D eigenvalue weighted by molar-refractivity contribution is -0.142. The molecule has 86 valence electrons. The van der Waals surface area contributed by atoms with Gasteiger partial charge in [0.05, 0.1) is 0 Å². The SMILES string of the molecule is CC(=O)OCc1ccc(OC(C)=O)c(O)c1. The topological polar surface area (TPSA) is 72.8 Å². The van der Waals surface area contributed by atoms with Crippen molar-refractivity contribution in [3.05, 3.63) is 23.8 Å². The van der Waals surface area contributed by atoms with Crippen LogP contribution in [-0.2, 0) is 20.9 Å². The average Bonchev–Trinajstić information content (AvgIpc) is 2.18. The molecule has 1 N–H and O–H groups in total. The van der Waals surface area contributed by atoms with Crippen LogP contribution >= 0.6 is 0 Å². The van der Waals surface area contributed by atoms with Crippen molar-refractivity contribution in [2.24, 2.45) is 0 Å². The molecule has 1 rings (SSSR count). The van der Waals surface area contributed by atoms with E-state index >= 15 is 0 Å². The first-order chi connectivity index (χ1) is 7.49. The van der Waals surface area contributed by atoms with Crippen LogP contribution in [0, 0.1) is 0 Å². The van der Waals surface area contributed by atoms with E-state index in [-0.39, 0.29) is 18.1 Å². The number of hydrogen-bond donors (Lipinski definition) is 1. The summed E-state index contributed by atoms with van der Waals surface area (Å²) in [5, 5.41) is 9.49. The third kappa shape index (κ3) is 3.61. The Morgan fingerprint density at radius 3 is 2.44 bits per heavy atom. The molecule has 0 aliphatic heterocycles. The van der Waals surface area contributed by atoms with E-state index in [1.165, 1.54) is 26.0 Å². The van der Waals surface area contributed by atoms with Gasteiger partial charge in [0.1, 0.15) is 6.61 Å². The van der Waals surface area contributed by atoms with Crippen LogP contribution in [0.5, 0.6) is 11.5 Å². The fourth-order valence-electron chi connectivity index (χ4n) is 1.08. The van der Waals surface area contributed by atoms with Crippen LogP contribution in [0.3, 0.4) is 0 Å². The molecule has 5 heteroatoms. The summed E-state index contributed by atoms with van der Waals surface area (Å²) in [6.07, 6.45) is 0. The molecule has 0 bridgehead atoms. The highest BCUT2D eigenvalue weighted by molar-refractivity contribution is 5.70. The van der Waals surface area contributed by atoms with Crippen LogP contribution in [0.1, 0.15) is 19.4 Å². The van der Waals surface area contributed by atoms with Gasteiger partial charge in [-0.25, -0.2) is 0 Å². The van der Waals surface area contributed by atoms with Gasteiger partial charge in [0.25, 0.3) is 0 Å². The van der Waals surface area contributed by atoms with Gasteiger partial charge in [-0.15, -0.1) is 0 Å². The number of ether oxygens (including phenoxy) is 2. The first-order valence-corrected chi connectivity index (χ1v) is 4.62. The molecular weight excluding hydrogens is 212 g/mol. The Morgan fingerprint density at radius 2 is 1.94 bits per heavy atom. The van der Waals surface area contributed by atoms with Gasteiger partial charge in [-0.05, 0) is 17.7 Å². The zero-order chi connectivity index (χ0) is 12.1. The number of benzene rings is 1. The number of carbonyl (C=O) groups excluding carboxylic acids is 2. The number of phenols is 1. The van der Waals surface area contributed by atoms with Crippen LogP contribution in [0.25, 0.3) is 0 Å². The van der Waals surface area contributed by atoms with Crippen molar-refractivity contribution in [3.63, 3.8) is 0 Å². The molecule has 0 fully saturated rings. The minimum Gasteiger partial charge on any atom is -0.504 e. The summed E-state index contributed by atoms with van der Waals surface area (Å²) in [5.74, 6) is -0.995. The Bertz CT molecular complexity index is 411. The second kappa shape index (κ2) is 5.16. The van der Waals surface area contributed by atoms with Crippen LogP contribution in [-0.4, -0.2) is 17.0 Å². The highest BCUT2D eigenvalue weighted by Gasteiger charge is 2.06.